The van der Waals surface area contributed by atoms with E-state index in [1.165, 1.54) is 6.92 Å². The molecule has 0 saturated carbocycles. The molecule has 1 aromatic carbocycles. The molecule has 2 rings (SSSR count). The van der Waals surface area contributed by atoms with Crippen LogP contribution in [-0.2, 0) is 14.3 Å². The minimum Gasteiger partial charge on any atom is -0.497 e. The standard InChI is InChI=1S/C18H19NO5S/c1-4-24-17(21)12(2)19-16(20)15(25-18(19)22)7-5-6-13-8-10-14(23-3)11-9-13/h5-12H,4H2,1-3H3/b6-5+,15-7+/t12-/m1/s1. The topological polar surface area (TPSA) is 72.9 Å². The van der Waals surface area contributed by atoms with Crippen LogP contribution in [0.1, 0.15) is 19.4 Å². The highest BCUT2D eigenvalue weighted by Gasteiger charge is 2.41. The number of ether oxygens (including phenoxy) is 2. The minimum atomic E-state index is -0.941. The minimum absolute atomic E-state index is 0.194. The van der Waals surface area contributed by atoms with E-state index in [2.05, 4.69) is 0 Å². The summed E-state index contributed by atoms with van der Waals surface area (Å²) in [5.41, 5.74) is 0.927. The van der Waals surface area contributed by atoms with Gasteiger partial charge < -0.3 is 9.47 Å². The van der Waals surface area contributed by atoms with Crippen molar-refractivity contribution in [2.45, 2.75) is 19.9 Å². The molecule has 2 amide bonds. The summed E-state index contributed by atoms with van der Waals surface area (Å²) in [7, 11) is 1.60. The lowest BCUT2D eigenvalue weighted by Crippen LogP contribution is -2.42. The highest BCUT2D eigenvalue weighted by atomic mass is 32.2. The summed E-state index contributed by atoms with van der Waals surface area (Å²) < 4.78 is 9.95. The normalized spacial score (nSPS) is 17.4. The Morgan fingerprint density at radius 2 is 1.96 bits per heavy atom. The highest BCUT2D eigenvalue weighted by Crippen LogP contribution is 2.32. The van der Waals surface area contributed by atoms with Crippen molar-refractivity contribution in [1.82, 2.24) is 4.90 Å². The van der Waals surface area contributed by atoms with E-state index in [1.54, 1.807) is 26.2 Å². The van der Waals surface area contributed by atoms with Gasteiger partial charge in [-0.3, -0.25) is 14.5 Å². The lowest BCUT2D eigenvalue weighted by Gasteiger charge is -2.19. The molecule has 1 saturated heterocycles. The first-order valence-corrected chi connectivity index (χ1v) is 8.54. The lowest BCUT2D eigenvalue weighted by molar-refractivity contribution is -0.150. The van der Waals surface area contributed by atoms with Gasteiger partial charge in [-0.15, -0.1) is 0 Å². The number of esters is 1. The first kappa shape index (κ1) is 18.8. The molecule has 0 unspecified atom stereocenters. The number of amides is 2. The third-order valence-electron chi connectivity index (χ3n) is 3.49. The zero-order valence-corrected chi connectivity index (χ0v) is 15.0. The molecule has 132 valence electrons. The van der Waals surface area contributed by atoms with E-state index in [9.17, 15) is 14.4 Å². The van der Waals surface area contributed by atoms with Gasteiger partial charge in [0, 0.05) is 0 Å². The van der Waals surface area contributed by atoms with Crippen LogP contribution in [0.4, 0.5) is 4.79 Å². The van der Waals surface area contributed by atoms with E-state index < -0.39 is 23.2 Å². The van der Waals surface area contributed by atoms with Crippen molar-refractivity contribution in [3.63, 3.8) is 0 Å². The van der Waals surface area contributed by atoms with Crippen LogP contribution in [0.15, 0.2) is 41.3 Å². The Hall–Kier alpha value is -2.54. The Morgan fingerprint density at radius 1 is 1.28 bits per heavy atom. The number of imide groups is 1. The second-order valence-corrected chi connectivity index (χ2v) is 6.13. The fourth-order valence-corrected chi connectivity index (χ4v) is 3.02. The predicted molar refractivity (Wildman–Crippen MR) is 96.0 cm³/mol. The van der Waals surface area contributed by atoms with Crippen molar-refractivity contribution in [2.24, 2.45) is 0 Å². The van der Waals surface area contributed by atoms with Crippen LogP contribution in [0.2, 0.25) is 0 Å². The molecule has 0 bridgehead atoms. The molecule has 25 heavy (non-hydrogen) atoms. The number of methoxy groups -OCH3 is 1. The molecule has 6 nitrogen and oxygen atoms in total. The molecule has 0 spiro atoms. The number of thioether (sulfide) groups is 1. The van der Waals surface area contributed by atoms with E-state index in [1.807, 2.05) is 30.3 Å². The smallest absolute Gasteiger partial charge is 0.329 e. The molecule has 0 aliphatic carbocycles. The number of benzene rings is 1. The third kappa shape index (κ3) is 4.51. The van der Waals surface area contributed by atoms with Crippen molar-refractivity contribution < 1.29 is 23.9 Å². The summed E-state index contributed by atoms with van der Waals surface area (Å²) in [5, 5.41) is -0.477. The van der Waals surface area contributed by atoms with Crippen LogP contribution in [0.5, 0.6) is 5.75 Å². The molecule has 0 aromatic heterocycles. The largest absolute Gasteiger partial charge is 0.497 e. The molecule has 0 N–H and O–H groups in total. The van der Waals surface area contributed by atoms with Crippen LogP contribution < -0.4 is 4.74 Å². The molecule has 1 fully saturated rings. The van der Waals surface area contributed by atoms with Crippen LogP contribution >= 0.6 is 11.8 Å². The Kier molecular flexibility index (Phi) is 6.41. The average Bonchev–Trinajstić information content (AvgIpc) is 2.89. The number of rotatable bonds is 6. The van der Waals surface area contributed by atoms with Crippen molar-refractivity contribution >= 4 is 35.0 Å². The fraction of sp³-hybridized carbons (Fsp3) is 0.278. The van der Waals surface area contributed by atoms with Gasteiger partial charge in [0.25, 0.3) is 11.1 Å². The van der Waals surface area contributed by atoms with E-state index in [-0.39, 0.29) is 11.5 Å². The second kappa shape index (κ2) is 8.53. The highest BCUT2D eigenvalue weighted by molar-refractivity contribution is 8.18. The number of allylic oxidation sites excluding steroid dienone is 2. The summed E-state index contributed by atoms with van der Waals surface area (Å²) in [5.74, 6) is -0.332. The maximum absolute atomic E-state index is 12.3. The monoisotopic (exact) mass is 361 g/mol. The number of carbonyl (C=O) groups is 3. The summed E-state index contributed by atoms with van der Waals surface area (Å²) in [6.07, 6.45) is 5.06. The van der Waals surface area contributed by atoms with Gasteiger partial charge in [-0.05, 0) is 49.4 Å². The Labute approximate surface area is 150 Å². The molecule has 1 heterocycles. The summed E-state index contributed by atoms with van der Waals surface area (Å²) in [4.78, 5) is 37.3. The number of nitrogens with zero attached hydrogens (tertiary/aromatic N) is 1. The maximum Gasteiger partial charge on any atom is 0.329 e. The van der Waals surface area contributed by atoms with Gasteiger partial charge in [-0.25, -0.2) is 4.79 Å². The number of hydrogen-bond donors (Lipinski definition) is 0. The van der Waals surface area contributed by atoms with Gasteiger partial charge in [-0.2, -0.15) is 0 Å². The maximum atomic E-state index is 12.3. The Bertz CT molecular complexity index is 723. The molecular weight excluding hydrogens is 342 g/mol. The van der Waals surface area contributed by atoms with Crippen molar-refractivity contribution in [3.05, 3.63) is 46.9 Å². The molecule has 1 aromatic rings. The molecule has 1 aliphatic heterocycles. The molecule has 1 aliphatic rings. The van der Waals surface area contributed by atoms with Crippen molar-refractivity contribution in [1.29, 1.82) is 0 Å². The van der Waals surface area contributed by atoms with Crippen molar-refractivity contribution in [3.8, 4) is 5.75 Å². The molecule has 7 heteroatoms. The average molecular weight is 361 g/mol. The number of carbonyl (C=O) groups excluding carboxylic acids is 3. The van der Waals surface area contributed by atoms with Gasteiger partial charge in [-0.1, -0.05) is 24.3 Å². The zero-order chi connectivity index (χ0) is 18.4. The summed E-state index contributed by atoms with van der Waals surface area (Å²) >= 11 is 0.806. The molecule has 1 atom stereocenters. The van der Waals surface area contributed by atoms with Crippen molar-refractivity contribution in [2.75, 3.05) is 13.7 Å². The van der Waals surface area contributed by atoms with Crippen LogP contribution in [0.25, 0.3) is 6.08 Å². The zero-order valence-electron chi connectivity index (χ0n) is 14.2. The second-order valence-electron chi connectivity index (χ2n) is 5.13. The summed E-state index contributed by atoms with van der Waals surface area (Å²) in [6.45, 7) is 3.34. The SMILES string of the molecule is CCOC(=O)[C@@H](C)N1C(=O)S/C(=C/C=C/c2ccc(OC)cc2)C1=O. The van der Waals surface area contributed by atoms with Crippen LogP contribution in [0, 0.1) is 0 Å². The predicted octanol–water partition coefficient (Wildman–Crippen LogP) is 3.24. The van der Waals surface area contributed by atoms with E-state index in [0.717, 1.165) is 28.0 Å². The Morgan fingerprint density at radius 3 is 2.56 bits per heavy atom. The summed E-state index contributed by atoms with van der Waals surface area (Å²) in [6, 6.07) is 6.46. The quantitative estimate of drug-likeness (QED) is 0.572. The van der Waals surface area contributed by atoms with Gasteiger partial charge in [0.15, 0.2) is 0 Å². The van der Waals surface area contributed by atoms with Gasteiger partial charge in [0.1, 0.15) is 11.8 Å². The van der Waals surface area contributed by atoms with Gasteiger partial charge >= 0.3 is 5.97 Å². The molecular formula is C18H19NO5S. The number of hydrogen-bond acceptors (Lipinski definition) is 6. The first-order valence-electron chi connectivity index (χ1n) is 7.72. The molecule has 0 radical (unpaired) electrons. The third-order valence-corrected chi connectivity index (χ3v) is 4.39. The van der Waals surface area contributed by atoms with Crippen LogP contribution in [0.3, 0.4) is 0 Å². The van der Waals surface area contributed by atoms with E-state index in [4.69, 9.17) is 9.47 Å². The van der Waals surface area contributed by atoms with Crippen LogP contribution in [-0.4, -0.2) is 41.8 Å². The Balaban J connectivity index is 2.08. The lowest BCUT2D eigenvalue weighted by atomic mass is 10.2. The van der Waals surface area contributed by atoms with E-state index >= 15 is 0 Å². The first-order chi connectivity index (χ1) is 12.0. The van der Waals surface area contributed by atoms with Gasteiger partial charge in [0.2, 0.25) is 0 Å². The van der Waals surface area contributed by atoms with E-state index in [0.29, 0.717) is 0 Å². The van der Waals surface area contributed by atoms with Gasteiger partial charge in [0.05, 0.1) is 18.6 Å². The fourth-order valence-electron chi connectivity index (χ4n) is 2.16.